The van der Waals surface area contributed by atoms with Crippen LogP contribution in [0, 0.1) is 0 Å². The lowest BCUT2D eigenvalue weighted by Crippen LogP contribution is -2.49. The van der Waals surface area contributed by atoms with Gasteiger partial charge in [-0.25, -0.2) is 4.79 Å². The highest BCUT2D eigenvalue weighted by Gasteiger charge is 2.33. The van der Waals surface area contributed by atoms with Crippen molar-refractivity contribution in [1.29, 1.82) is 0 Å². The van der Waals surface area contributed by atoms with E-state index in [1.165, 1.54) is 6.42 Å². The van der Waals surface area contributed by atoms with Crippen molar-refractivity contribution in [2.75, 3.05) is 26.3 Å². The molecule has 0 aromatic carbocycles. The molecule has 2 aliphatic rings. The molecule has 5 heteroatoms. The van der Waals surface area contributed by atoms with Crippen LogP contribution in [0.3, 0.4) is 0 Å². The first-order valence-electron chi connectivity index (χ1n) is 7.26. The van der Waals surface area contributed by atoms with Gasteiger partial charge in [0.25, 0.3) is 0 Å². The van der Waals surface area contributed by atoms with Crippen molar-refractivity contribution in [3.05, 3.63) is 0 Å². The number of nitrogens with zero attached hydrogens (tertiary/aromatic N) is 1. The third kappa shape index (κ3) is 4.35. The van der Waals surface area contributed by atoms with Crippen LogP contribution in [0.25, 0.3) is 0 Å². The molecule has 1 N–H and O–H groups in total. The Hall–Kier alpha value is -0.810. The second-order valence-corrected chi connectivity index (χ2v) is 6.44. The Kier molecular flexibility index (Phi) is 4.68. The van der Waals surface area contributed by atoms with Gasteiger partial charge in [0.15, 0.2) is 0 Å². The number of carbonyl (C=O) groups is 1. The molecule has 2 rings (SSSR count). The van der Waals surface area contributed by atoms with E-state index in [0.717, 1.165) is 32.5 Å². The molecule has 0 aromatic heterocycles. The molecule has 5 nitrogen and oxygen atoms in total. The highest BCUT2D eigenvalue weighted by molar-refractivity contribution is 5.68. The molecule has 110 valence electrons. The summed E-state index contributed by atoms with van der Waals surface area (Å²) in [7, 11) is 0. The normalized spacial score (nSPS) is 27.5. The average Bonchev–Trinajstić information content (AvgIpc) is 2.96. The molecule has 2 atom stereocenters. The number of nitrogens with one attached hydrogen (secondary N) is 1. The van der Waals surface area contributed by atoms with Crippen LogP contribution in [0.5, 0.6) is 0 Å². The van der Waals surface area contributed by atoms with Crippen LogP contribution in [0.15, 0.2) is 0 Å². The first kappa shape index (κ1) is 14.6. The van der Waals surface area contributed by atoms with Crippen LogP contribution in [-0.4, -0.2) is 55.0 Å². The molecule has 0 aliphatic carbocycles. The van der Waals surface area contributed by atoms with E-state index in [0.29, 0.717) is 12.6 Å². The van der Waals surface area contributed by atoms with Crippen molar-refractivity contribution < 1.29 is 14.3 Å². The Morgan fingerprint density at radius 1 is 1.42 bits per heavy atom. The number of hydrogen-bond donors (Lipinski definition) is 1. The molecule has 2 fully saturated rings. The molecule has 2 saturated heterocycles. The number of hydrogen-bond acceptors (Lipinski definition) is 4. The van der Waals surface area contributed by atoms with Crippen LogP contribution < -0.4 is 5.32 Å². The van der Waals surface area contributed by atoms with Crippen LogP contribution >= 0.6 is 0 Å². The minimum Gasteiger partial charge on any atom is -0.444 e. The maximum atomic E-state index is 12.4. The molecule has 1 amide bonds. The monoisotopic (exact) mass is 270 g/mol. The predicted molar refractivity (Wildman–Crippen MR) is 73.2 cm³/mol. The summed E-state index contributed by atoms with van der Waals surface area (Å²) in [5.74, 6) is 0. The molecular formula is C14H26N2O3. The van der Waals surface area contributed by atoms with Crippen molar-refractivity contribution in [3.63, 3.8) is 0 Å². The maximum Gasteiger partial charge on any atom is 0.410 e. The van der Waals surface area contributed by atoms with E-state index in [4.69, 9.17) is 9.47 Å². The summed E-state index contributed by atoms with van der Waals surface area (Å²) in [5, 5.41) is 3.44. The molecular weight excluding hydrogens is 244 g/mol. The molecule has 0 radical (unpaired) electrons. The lowest BCUT2D eigenvalue weighted by atomic mass is 10.1. The van der Waals surface area contributed by atoms with Gasteiger partial charge in [-0.05, 0) is 46.6 Å². The van der Waals surface area contributed by atoms with Gasteiger partial charge in [-0.15, -0.1) is 0 Å². The van der Waals surface area contributed by atoms with E-state index in [9.17, 15) is 4.79 Å². The van der Waals surface area contributed by atoms with Gasteiger partial charge in [0.1, 0.15) is 5.60 Å². The van der Waals surface area contributed by atoms with Gasteiger partial charge < -0.3 is 19.7 Å². The Balaban J connectivity index is 1.97. The molecule has 0 saturated carbocycles. The Bertz CT molecular complexity index is 302. The molecule has 0 aromatic rings. The van der Waals surface area contributed by atoms with Gasteiger partial charge in [-0.1, -0.05) is 0 Å². The van der Waals surface area contributed by atoms with E-state index >= 15 is 0 Å². The van der Waals surface area contributed by atoms with E-state index in [1.807, 2.05) is 25.7 Å². The van der Waals surface area contributed by atoms with Gasteiger partial charge in [-0.3, -0.25) is 0 Å². The van der Waals surface area contributed by atoms with E-state index in [-0.39, 0.29) is 12.1 Å². The Morgan fingerprint density at radius 3 is 2.74 bits per heavy atom. The molecule has 19 heavy (non-hydrogen) atoms. The van der Waals surface area contributed by atoms with Crippen molar-refractivity contribution in [2.45, 2.75) is 57.7 Å². The van der Waals surface area contributed by atoms with Crippen LogP contribution in [0.1, 0.15) is 40.0 Å². The zero-order chi connectivity index (χ0) is 13.9. The molecule has 2 aliphatic heterocycles. The van der Waals surface area contributed by atoms with Crippen molar-refractivity contribution in [2.24, 2.45) is 0 Å². The van der Waals surface area contributed by atoms with Gasteiger partial charge in [-0.2, -0.15) is 0 Å². The minimum atomic E-state index is -0.447. The average molecular weight is 270 g/mol. The van der Waals surface area contributed by atoms with Crippen molar-refractivity contribution in [3.8, 4) is 0 Å². The fourth-order valence-electron chi connectivity index (χ4n) is 2.61. The zero-order valence-corrected chi connectivity index (χ0v) is 12.3. The van der Waals surface area contributed by atoms with Gasteiger partial charge in [0, 0.05) is 19.2 Å². The van der Waals surface area contributed by atoms with E-state index in [1.54, 1.807) is 0 Å². The SMILES string of the molecule is CC(C)(C)OC(=O)N(CC1CCCN1)C1CCOC1. The third-order valence-corrected chi connectivity index (χ3v) is 3.55. The first-order chi connectivity index (χ1) is 8.96. The molecule has 2 heterocycles. The summed E-state index contributed by atoms with van der Waals surface area (Å²) in [6, 6.07) is 0.561. The third-order valence-electron chi connectivity index (χ3n) is 3.55. The quantitative estimate of drug-likeness (QED) is 0.849. The first-order valence-corrected chi connectivity index (χ1v) is 7.26. The highest BCUT2D eigenvalue weighted by atomic mass is 16.6. The zero-order valence-electron chi connectivity index (χ0n) is 12.3. The van der Waals surface area contributed by atoms with E-state index < -0.39 is 5.60 Å². The number of ether oxygens (including phenoxy) is 2. The summed E-state index contributed by atoms with van der Waals surface area (Å²) in [5.41, 5.74) is -0.447. The van der Waals surface area contributed by atoms with Gasteiger partial charge >= 0.3 is 6.09 Å². The summed E-state index contributed by atoms with van der Waals surface area (Å²) < 4.78 is 10.9. The second kappa shape index (κ2) is 6.09. The summed E-state index contributed by atoms with van der Waals surface area (Å²) in [4.78, 5) is 14.2. The van der Waals surface area contributed by atoms with Crippen LogP contribution in [0.4, 0.5) is 4.79 Å². The number of amides is 1. The standard InChI is InChI=1S/C14H26N2O3/c1-14(2,3)19-13(17)16(12-6-8-18-10-12)9-11-5-4-7-15-11/h11-12,15H,4-10H2,1-3H3. The van der Waals surface area contributed by atoms with Crippen molar-refractivity contribution in [1.82, 2.24) is 10.2 Å². The summed E-state index contributed by atoms with van der Waals surface area (Å²) >= 11 is 0. The maximum absolute atomic E-state index is 12.4. The highest BCUT2D eigenvalue weighted by Crippen LogP contribution is 2.19. The lowest BCUT2D eigenvalue weighted by Gasteiger charge is -2.32. The van der Waals surface area contributed by atoms with Crippen molar-refractivity contribution >= 4 is 6.09 Å². The largest absolute Gasteiger partial charge is 0.444 e. The Labute approximate surface area is 115 Å². The topological polar surface area (TPSA) is 50.8 Å². The number of carbonyl (C=O) groups excluding carboxylic acids is 1. The van der Waals surface area contributed by atoms with Gasteiger partial charge in [0.2, 0.25) is 0 Å². The fraction of sp³-hybridized carbons (Fsp3) is 0.929. The number of rotatable bonds is 3. The van der Waals surface area contributed by atoms with Crippen LogP contribution in [0.2, 0.25) is 0 Å². The molecule has 0 spiro atoms. The van der Waals surface area contributed by atoms with Crippen LogP contribution in [-0.2, 0) is 9.47 Å². The van der Waals surface area contributed by atoms with E-state index in [2.05, 4.69) is 5.32 Å². The molecule has 2 unspecified atom stereocenters. The summed E-state index contributed by atoms with van der Waals surface area (Å²) in [6.45, 7) is 8.86. The lowest BCUT2D eigenvalue weighted by molar-refractivity contribution is 0.0129. The molecule has 0 bridgehead atoms. The minimum absolute atomic E-state index is 0.164. The second-order valence-electron chi connectivity index (χ2n) is 6.44. The summed E-state index contributed by atoms with van der Waals surface area (Å²) in [6.07, 6.45) is 3.02. The van der Waals surface area contributed by atoms with Gasteiger partial charge in [0.05, 0.1) is 12.6 Å². The predicted octanol–water partition coefficient (Wildman–Crippen LogP) is 1.76. The smallest absolute Gasteiger partial charge is 0.410 e. The Morgan fingerprint density at radius 2 is 2.21 bits per heavy atom. The fourth-order valence-corrected chi connectivity index (χ4v) is 2.61.